The van der Waals surface area contributed by atoms with Gasteiger partial charge in [0.15, 0.2) is 12.2 Å². The van der Waals surface area contributed by atoms with Gasteiger partial charge in [-0.15, -0.1) is 0 Å². The molecule has 0 N–H and O–H groups in total. The smallest absolute Gasteiger partial charge is 0.332 e. The zero-order chi connectivity index (χ0) is 12.6. The molecule has 2 atom stereocenters. The summed E-state index contributed by atoms with van der Waals surface area (Å²) in [6, 6.07) is 3.38. The monoisotopic (exact) mass is 222 g/mol. The van der Waals surface area contributed by atoms with E-state index < -0.39 is 24.1 Å². The first kappa shape index (κ1) is 13.7. The summed E-state index contributed by atoms with van der Waals surface area (Å²) in [7, 11) is 0. The lowest BCUT2D eigenvalue weighted by atomic mass is 10.4. The van der Waals surface area contributed by atoms with Crippen LogP contribution in [0, 0.1) is 22.7 Å². The molecule has 0 saturated heterocycles. The number of hydrogen-bond donors (Lipinski definition) is 0. The van der Waals surface area contributed by atoms with E-state index in [1.54, 1.807) is 12.1 Å². The Hall–Kier alpha value is -2.34. The van der Waals surface area contributed by atoms with E-state index in [1.165, 1.54) is 13.8 Å². The van der Waals surface area contributed by atoms with Gasteiger partial charge in [0.05, 0.1) is 0 Å². The van der Waals surface area contributed by atoms with Crippen LogP contribution in [0.15, 0.2) is 12.2 Å². The van der Waals surface area contributed by atoms with Crippen molar-refractivity contribution < 1.29 is 19.1 Å². The molecule has 0 aromatic rings. The number of nitriles is 2. The van der Waals surface area contributed by atoms with Crippen LogP contribution in [0.25, 0.3) is 0 Å². The van der Waals surface area contributed by atoms with E-state index >= 15 is 0 Å². The van der Waals surface area contributed by atoms with Gasteiger partial charge < -0.3 is 9.47 Å². The van der Waals surface area contributed by atoms with Crippen molar-refractivity contribution in [1.29, 1.82) is 10.5 Å². The lowest BCUT2D eigenvalue weighted by Gasteiger charge is -2.02. The van der Waals surface area contributed by atoms with Gasteiger partial charge in [-0.2, -0.15) is 10.5 Å². The standard InChI is InChI=1S/C10H10N2O4/c1-7(5-11)15-9(13)3-4-10(14)16-8(2)6-12/h3-4,7-8H,1-2H3/b4-3+/t7-,8-/m1/s1. The third-order valence-corrected chi connectivity index (χ3v) is 1.30. The third kappa shape index (κ3) is 6.17. The Kier molecular flexibility index (Phi) is 5.99. The number of hydrogen-bond acceptors (Lipinski definition) is 6. The first-order valence-electron chi connectivity index (χ1n) is 4.38. The average Bonchev–Trinajstić information content (AvgIpc) is 2.26. The van der Waals surface area contributed by atoms with Gasteiger partial charge in [-0.3, -0.25) is 0 Å². The Morgan fingerprint density at radius 1 is 1.00 bits per heavy atom. The normalized spacial score (nSPS) is 13.2. The Morgan fingerprint density at radius 3 is 1.56 bits per heavy atom. The maximum Gasteiger partial charge on any atom is 0.332 e. The van der Waals surface area contributed by atoms with Crippen LogP contribution in [0.2, 0.25) is 0 Å². The largest absolute Gasteiger partial charge is 0.444 e. The molecule has 0 aromatic carbocycles. The van der Waals surface area contributed by atoms with E-state index in [1.807, 2.05) is 0 Å². The summed E-state index contributed by atoms with van der Waals surface area (Å²) >= 11 is 0. The molecule has 0 heterocycles. The number of rotatable bonds is 4. The van der Waals surface area contributed by atoms with E-state index in [4.69, 9.17) is 10.5 Å². The molecule has 0 radical (unpaired) electrons. The van der Waals surface area contributed by atoms with Crippen LogP contribution in [0.5, 0.6) is 0 Å². The zero-order valence-corrected chi connectivity index (χ0v) is 8.84. The second kappa shape index (κ2) is 7.02. The number of esters is 2. The van der Waals surface area contributed by atoms with Crippen LogP contribution in [0.1, 0.15) is 13.8 Å². The van der Waals surface area contributed by atoms with Crippen molar-refractivity contribution in [2.45, 2.75) is 26.1 Å². The molecule has 0 aliphatic carbocycles. The molecule has 0 saturated carbocycles. The minimum Gasteiger partial charge on any atom is -0.444 e. The van der Waals surface area contributed by atoms with Crippen molar-refractivity contribution in [2.75, 3.05) is 0 Å². The zero-order valence-electron chi connectivity index (χ0n) is 8.84. The summed E-state index contributed by atoms with van der Waals surface area (Å²) in [5, 5.41) is 16.7. The molecule has 0 spiro atoms. The van der Waals surface area contributed by atoms with Crippen LogP contribution in [-0.4, -0.2) is 24.1 Å². The van der Waals surface area contributed by atoms with Crippen molar-refractivity contribution in [2.24, 2.45) is 0 Å². The predicted molar refractivity (Wildman–Crippen MR) is 51.5 cm³/mol. The van der Waals surface area contributed by atoms with E-state index in [-0.39, 0.29) is 0 Å². The van der Waals surface area contributed by atoms with Gasteiger partial charge in [0.25, 0.3) is 0 Å². The SMILES string of the molecule is C[C@H](C#N)OC(=O)/C=C/C(=O)O[C@H](C)C#N. The summed E-state index contributed by atoms with van der Waals surface area (Å²) in [5.74, 6) is -1.65. The predicted octanol–water partition coefficient (Wildman–Crippen LogP) is 0.453. The lowest BCUT2D eigenvalue weighted by molar-refractivity contribution is -0.142. The van der Waals surface area contributed by atoms with Gasteiger partial charge in [-0.05, 0) is 13.8 Å². The highest BCUT2D eigenvalue weighted by Crippen LogP contribution is 1.93. The van der Waals surface area contributed by atoms with Gasteiger partial charge in [-0.1, -0.05) is 0 Å². The molecule has 0 fully saturated rings. The summed E-state index contributed by atoms with van der Waals surface area (Å²) < 4.78 is 9.04. The summed E-state index contributed by atoms with van der Waals surface area (Å²) in [6.45, 7) is 2.78. The van der Waals surface area contributed by atoms with Gasteiger partial charge >= 0.3 is 11.9 Å². The van der Waals surface area contributed by atoms with Crippen LogP contribution in [0.4, 0.5) is 0 Å². The van der Waals surface area contributed by atoms with Crippen LogP contribution in [0.3, 0.4) is 0 Å². The third-order valence-electron chi connectivity index (χ3n) is 1.30. The van der Waals surface area contributed by atoms with Crippen molar-refractivity contribution in [1.82, 2.24) is 0 Å². The van der Waals surface area contributed by atoms with Crippen molar-refractivity contribution in [3.05, 3.63) is 12.2 Å². The Balaban J connectivity index is 4.10. The molecular formula is C10H10N2O4. The molecule has 0 bridgehead atoms. The first-order valence-corrected chi connectivity index (χ1v) is 4.38. The van der Waals surface area contributed by atoms with E-state index in [9.17, 15) is 9.59 Å². The minimum absolute atomic E-state index is 0.824. The minimum atomic E-state index is -0.883. The molecule has 0 rings (SSSR count). The molecule has 0 aliphatic rings. The lowest BCUT2D eigenvalue weighted by Crippen LogP contribution is -2.13. The highest BCUT2D eigenvalue weighted by Gasteiger charge is 2.07. The van der Waals surface area contributed by atoms with Crippen LogP contribution >= 0.6 is 0 Å². The topological polar surface area (TPSA) is 100 Å². The second-order valence-corrected chi connectivity index (χ2v) is 2.75. The highest BCUT2D eigenvalue weighted by atomic mass is 16.5. The summed E-state index contributed by atoms with van der Waals surface area (Å²) in [5.41, 5.74) is 0. The Morgan fingerprint density at radius 2 is 1.31 bits per heavy atom. The second-order valence-electron chi connectivity index (χ2n) is 2.75. The molecule has 0 amide bonds. The van der Waals surface area contributed by atoms with E-state index in [0.29, 0.717) is 0 Å². The molecule has 16 heavy (non-hydrogen) atoms. The molecule has 0 aromatic heterocycles. The van der Waals surface area contributed by atoms with Gasteiger partial charge in [0.1, 0.15) is 12.1 Å². The summed E-state index contributed by atoms with van der Waals surface area (Å²) in [4.78, 5) is 21.9. The Bertz CT molecular complexity index is 339. The maximum atomic E-state index is 10.9. The van der Waals surface area contributed by atoms with Crippen LogP contribution < -0.4 is 0 Å². The fourth-order valence-electron chi connectivity index (χ4n) is 0.616. The van der Waals surface area contributed by atoms with Gasteiger partial charge in [-0.25, -0.2) is 9.59 Å². The average molecular weight is 222 g/mol. The van der Waals surface area contributed by atoms with E-state index in [0.717, 1.165) is 12.2 Å². The van der Waals surface area contributed by atoms with Crippen molar-refractivity contribution in [3.8, 4) is 12.1 Å². The first-order chi connectivity index (χ1) is 7.49. The van der Waals surface area contributed by atoms with Crippen molar-refractivity contribution in [3.63, 3.8) is 0 Å². The highest BCUT2D eigenvalue weighted by molar-refractivity contribution is 5.91. The number of ether oxygens (including phenoxy) is 2. The van der Waals surface area contributed by atoms with Crippen molar-refractivity contribution >= 4 is 11.9 Å². The maximum absolute atomic E-state index is 10.9. The number of carbonyl (C=O) groups excluding carboxylic acids is 2. The van der Waals surface area contributed by atoms with E-state index in [2.05, 4.69) is 9.47 Å². The van der Waals surface area contributed by atoms with Gasteiger partial charge in [0, 0.05) is 12.2 Å². The summed E-state index contributed by atoms with van der Waals surface area (Å²) in [6.07, 6.45) is -0.0991. The number of nitrogens with zero attached hydrogens (tertiary/aromatic N) is 2. The molecule has 6 nitrogen and oxygen atoms in total. The molecule has 6 heteroatoms. The fraction of sp³-hybridized carbons (Fsp3) is 0.400. The quantitative estimate of drug-likeness (QED) is 0.505. The molecule has 0 aliphatic heterocycles. The van der Waals surface area contributed by atoms with Gasteiger partial charge in [0.2, 0.25) is 0 Å². The molecule has 0 unspecified atom stereocenters. The molecular weight excluding hydrogens is 212 g/mol. The van der Waals surface area contributed by atoms with Crippen LogP contribution in [-0.2, 0) is 19.1 Å². The molecule has 84 valence electrons. The number of carbonyl (C=O) groups is 2. The Labute approximate surface area is 92.7 Å². The fourth-order valence-corrected chi connectivity index (χ4v) is 0.616.